The van der Waals surface area contributed by atoms with Crippen LogP contribution in [0.5, 0.6) is 5.75 Å². The number of rotatable bonds is 1. The maximum absolute atomic E-state index is 5.77. The van der Waals surface area contributed by atoms with Crippen LogP contribution in [0.25, 0.3) is 27.8 Å². The van der Waals surface area contributed by atoms with Gasteiger partial charge in [-0.15, -0.1) is 11.3 Å². The van der Waals surface area contributed by atoms with Crippen molar-refractivity contribution in [1.82, 2.24) is 35.3 Å². The number of para-hydroxylation sites is 1. The molecule has 10 aromatic rings. The van der Waals surface area contributed by atoms with Gasteiger partial charge < -0.3 is 19.8 Å². The number of hydrogen-bond donors (Lipinski definition) is 3. The zero-order valence-corrected chi connectivity index (χ0v) is 80.5. The lowest BCUT2D eigenvalue weighted by Gasteiger charge is -2.51. The number of allylic oxidation sites excluding steroid dienone is 1. The molecule has 8 aliphatic rings. The van der Waals surface area contributed by atoms with Gasteiger partial charge in [-0.2, -0.15) is 5.10 Å². The minimum absolute atomic E-state index is 0.0214. The SMILES string of the molecule is CC(C)(C)C1CCCN1.CC(C)(C)C1Cc2ccccc2C1.CC(C)(C)C1OCc2ccccc2O1.CC(C)(C)N1CC2CCC1CC2.CC(C)(C)N1CCc2ccccc2C1.CC(C)(C)c1ccc2c(c1)C=CC2.CC(C)(C)c1cccc2ccccc12.CC(C)(C)c1ccn[nH]1.CC(C)(C)c1nccs1.CC(C)c1cccc2[nH]ccc12. The number of thiazole rings is 1. The van der Waals surface area contributed by atoms with Gasteiger partial charge in [-0.3, -0.25) is 14.9 Å². The fourth-order valence-corrected chi connectivity index (χ4v) is 17.2. The highest BCUT2D eigenvalue weighted by Gasteiger charge is 2.39. The van der Waals surface area contributed by atoms with Gasteiger partial charge in [-0.05, 0) is 237 Å². The minimum Gasteiger partial charge on any atom is -0.464 e. The molecule has 4 fully saturated rings. The summed E-state index contributed by atoms with van der Waals surface area (Å²) in [6.07, 6.45) is 23.5. The molecule has 2 atom stereocenters. The number of H-pyrrole nitrogens is 2. The van der Waals surface area contributed by atoms with Crippen LogP contribution >= 0.6 is 11.3 Å². The van der Waals surface area contributed by atoms with E-state index in [4.69, 9.17) is 9.47 Å². The second-order valence-electron chi connectivity index (χ2n) is 43.9. The van der Waals surface area contributed by atoms with Crippen LogP contribution in [0.4, 0.5) is 0 Å². The lowest BCUT2D eigenvalue weighted by molar-refractivity contribution is -0.163. The number of hydrogen-bond acceptors (Lipinski definition) is 8. The van der Waals surface area contributed by atoms with Gasteiger partial charge in [0, 0.05) is 105 Å². The number of piperidine rings is 2. The predicted octanol–water partition coefficient (Wildman–Crippen LogP) is 28.8. The molecule has 8 heterocycles. The molecule has 1 saturated carbocycles. The third-order valence-corrected chi connectivity index (χ3v) is 25.4. The van der Waals surface area contributed by atoms with E-state index in [0.717, 1.165) is 48.2 Å². The summed E-state index contributed by atoms with van der Waals surface area (Å²) < 4.78 is 11.4. The molecule has 0 amide bonds. The van der Waals surface area contributed by atoms with E-state index in [0.29, 0.717) is 34.4 Å². The molecule has 0 spiro atoms. The number of fused-ring (bicyclic) bond motifs is 9. The summed E-state index contributed by atoms with van der Waals surface area (Å²) in [4.78, 5) is 12.7. The fraction of sp³-hybridized carbons (Fsp3) is 0.541. The number of aromatic nitrogens is 4. The minimum atomic E-state index is -0.141. The zero-order chi connectivity index (χ0) is 87.5. The van der Waals surface area contributed by atoms with Crippen LogP contribution in [-0.2, 0) is 65.2 Å². The van der Waals surface area contributed by atoms with Crippen molar-refractivity contribution < 1.29 is 9.47 Å². The van der Waals surface area contributed by atoms with Crippen molar-refractivity contribution in [2.24, 2.45) is 28.1 Å². The summed E-state index contributed by atoms with van der Waals surface area (Å²) in [5, 5.41) is 17.6. The van der Waals surface area contributed by atoms with Crippen molar-refractivity contribution >= 4 is 39.1 Å². The molecule has 2 bridgehead atoms. The molecule has 119 heavy (non-hydrogen) atoms. The van der Waals surface area contributed by atoms with E-state index in [2.05, 4.69) is 382 Å². The quantitative estimate of drug-likeness (QED) is 0.151. The van der Waals surface area contributed by atoms with Crippen molar-refractivity contribution in [1.29, 1.82) is 0 Å². The maximum atomic E-state index is 5.77. The van der Waals surface area contributed by atoms with Gasteiger partial charge in [0.1, 0.15) is 5.75 Å². The molecule has 18 rings (SSSR count). The summed E-state index contributed by atoms with van der Waals surface area (Å²) in [5.41, 5.74) is 19.5. The molecule has 2 unspecified atom stereocenters. The number of ether oxygens (including phenoxy) is 2. The van der Waals surface area contributed by atoms with Crippen LogP contribution in [-0.4, -0.2) is 79.1 Å². The molecule has 0 radical (unpaired) electrons. The molecule has 9 nitrogen and oxygen atoms in total. The Balaban J connectivity index is 0.000000165. The molecule has 7 aromatic carbocycles. The van der Waals surface area contributed by atoms with Crippen molar-refractivity contribution in [3.63, 3.8) is 0 Å². The molecule has 3 saturated heterocycles. The van der Waals surface area contributed by atoms with E-state index in [1.807, 2.05) is 48.1 Å². The van der Waals surface area contributed by atoms with Crippen molar-refractivity contribution in [3.05, 3.63) is 260 Å². The Labute approximate surface area is 728 Å². The smallest absolute Gasteiger partial charge is 0.205 e. The number of benzene rings is 7. The van der Waals surface area contributed by atoms with Gasteiger partial charge in [0.15, 0.2) is 0 Å². The lowest BCUT2D eigenvalue weighted by atomic mass is 9.78. The first-order valence-corrected chi connectivity index (χ1v) is 45.9. The van der Waals surface area contributed by atoms with E-state index in [9.17, 15) is 0 Å². The Morgan fingerprint density at radius 3 is 1.63 bits per heavy atom. The Kier molecular flexibility index (Phi) is 34.3. The first-order chi connectivity index (χ1) is 55.5. The standard InChI is InChI=1S/C14H16.C13H19N.C13H16.C13H18.C12H16O2.C11H21N.C11H13N.C8H17N.C7H12N2.C7H11NS/c1-14(2,3)13-10-6-8-11-7-4-5-9-12(11)13;1-13(2,3)14-9-8-11-6-4-5-7-12(11)10-14;1-13(2,3)12-8-7-10-5-4-6-11(10)9-12;1-13(2,3)12-8-10-6-4-5-7-11(10)9-12;1-12(2,3)11-13-8-9-6-4-5-7-10(9)14-11;1-11(2,3)12-8-9-4-6-10(12)7-5-9;1-8(2)9-4-3-5-11-10(9)6-7-12-11;1-8(2,3)7-5-4-6-9-7;1-7(2,3)6-4-5-8-9-6;1-7(2,3)6-8-4-5-9-6/h4-10H,1-3H3;4-7H,8-10H2,1-3H3;4,6-9H,5H2,1-3H3;4-7,12H,8-9H2,1-3H3;4-7,11H,8H2,1-3H3;9-10H,4-8H2,1-3H3;3-8,12H,1-2H3;7,9H,4-6H2,1-3H3;4-5H,1-3H3,(H,8,9);4-5H,1-3H3. The topological polar surface area (TPSA) is 94.3 Å². The van der Waals surface area contributed by atoms with Gasteiger partial charge in [-0.25, -0.2) is 4.98 Å². The molecular weight excluding hydrogens is 1470 g/mol. The second kappa shape index (κ2) is 42.1. The van der Waals surface area contributed by atoms with Gasteiger partial charge in [0.2, 0.25) is 6.29 Å². The van der Waals surface area contributed by atoms with Crippen LogP contribution in [0.2, 0.25) is 0 Å². The van der Waals surface area contributed by atoms with Crippen LogP contribution < -0.4 is 10.1 Å². The van der Waals surface area contributed by atoms with Crippen LogP contribution in [0.15, 0.2) is 194 Å². The van der Waals surface area contributed by atoms with Crippen molar-refractivity contribution in [2.75, 3.05) is 19.6 Å². The van der Waals surface area contributed by atoms with Crippen molar-refractivity contribution in [2.45, 2.75) is 335 Å². The van der Waals surface area contributed by atoms with E-state index in [-0.39, 0.29) is 33.4 Å². The molecular formula is C109H159N7O2S. The van der Waals surface area contributed by atoms with Gasteiger partial charge in [0.25, 0.3) is 0 Å². The number of aromatic amines is 2. The third kappa shape index (κ3) is 30.0. The summed E-state index contributed by atoms with van der Waals surface area (Å²) in [6, 6.07) is 59.9. The molecule has 10 heteroatoms. The molecule has 5 aliphatic heterocycles. The van der Waals surface area contributed by atoms with E-state index >= 15 is 0 Å². The summed E-state index contributed by atoms with van der Waals surface area (Å²) >= 11 is 1.72. The monoisotopic (exact) mass is 1630 g/mol. The third-order valence-electron chi connectivity index (χ3n) is 24.2. The largest absolute Gasteiger partial charge is 0.464 e. The Bertz CT molecular complexity index is 4530. The van der Waals surface area contributed by atoms with Crippen LogP contribution in [0, 0.1) is 28.1 Å². The summed E-state index contributed by atoms with van der Waals surface area (Å²) in [6.45, 7) is 70.8. The molecule has 3 aliphatic carbocycles. The van der Waals surface area contributed by atoms with Gasteiger partial charge in [-0.1, -0.05) is 311 Å². The zero-order valence-electron chi connectivity index (χ0n) is 79.6. The Hall–Kier alpha value is -7.44. The average molecular weight is 1630 g/mol. The Morgan fingerprint density at radius 1 is 0.521 bits per heavy atom. The average Bonchev–Trinajstić information content (AvgIpc) is 1.79. The summed E-state index contributed by atoms with van der Waals surface area (Å²) in [7, 11) is 0. The van der Waals surface area contributed by atoms with Gasteiger partial charge in [0.05, 0.1) is 11.6 Å². The first-order valence-electron chi connectivity index (χ1n) is 45.0. The fourth-order valence-electron chi connectivity index (χ4n) is 16.5. The summed E-state index contributed by atoms with van der Waals surface area (Å²) in [5.74, 6) is 3.42. The molecule has 3 N–H and O–H groups in total. The normalized spacial score (nSPS) is 18.4. The highest BCUT2D eigenvalue weighted by Crippen LogP contribution is 2.41. The highest BCUT2D eigenvalue weighted by atomic mass is 32.1. The maximum Gasteiger partial charge on any atom is 0.205 e. The van der Waals surface area contributed by atoms with Crippen molar-refractivity contribution in [3.8, 4) is 5.75 Å². The van der Waals surface area contributed by atoms with Gasteiger partial charge >= 0.3 is 0 Å². The second-order valence-corrected chi connectivity index (χ2v) is 44.8. The van der Waals surface area contributed by atoms with E-state index < -0.39 is 0 Å². The molecule has 648 valence electrons. The highest BCUT2D eigenvalue weighted by molar-refractivity contribution is 7.09. The lowest BCUT2D eigenvalue weighted by Crippen LogP contribution is -2.56. The molecule has 3 aromatic heterocycles. The Morgan fingerprint density at radius 2 is 1.13 bits per heavy atom. The number of nitrogens with one attached hydrogen (secondary N) is 3. The van der Waals surface area contributed by atoms with E-state index in [1.165, 1.54) is 149 Å². The van der Waals surface area contributed by atoms with E-state index in [1.54, 1.807) is 28.7 Å². The van der Waals surface area contributed by atoms with Crippen LogP contribution in [0.1, 0.15) is 312 Å². The van der Waals surface area contributed by atoms with Crippen LogP contribution in [0.3, 0.4) is 0 Å². The first kappa shape index (κ1) is 97.0. The number of nitrogens with zero attached hydrogens (tertiary/aromatic N) is 4. The predicted molar refractivity (Wildman–Crippen MR) is 516 cm³/mol.